The van der Waals surface area contributed by atoms with Crippen molar-refractivity contribution < 1.29 is 19.1 Å². The van der Waals surface area contributed by atoms with E-state index in [0.29, 0.717) is 44.4 Å². The molecule has 0 spiro atoms. The van der Waals surface area contributed by atoms with Crippen molar-refractivity contribution in [3.8, 4) is 5.75 Å². The third-order valence-corrected chi connectivity index (χ3v) is 5.43. The highest BCUT2D eigenvalue weighted by Crippen LogP contribution is 2.22. The Morgan fingerprint density at radius 1 is 1.14 bits per heavy atom. The van der Waals surface area contributed by atoms with Gasteiger partial charge in [0.2, 0.25) is 0 Å². The maximum absolute atomic E-state index is 13.0. The molecule has 0 atom stereocenters. The number of hydrogen-bond acceptors (Lipinski definition) is 5. The Labute approximate surface area is 169 Å². The molecule has 154 valence electrons. The van der Waals surface area contributed by atoms with E-state index < -0.39 is 0 Å². The highest BCUT2D eigenvalue weighted by Gasteiger charge is 2.30. The second-order valence-corrected chi connectivity index (χ2v) is 7.27. The number of ether oxygens (including phenoxy) is 2. The van der Waals surface area contributed by atoms with Crippen LogP contribution in [0.4, 0.5) is 0 Å². The lowest BCUT2D eigenvalue weighted by Crippen LogP contribution is -2.42. The molecule has 2 aromatic rings. The van der Waals surface area contributed by atoms with E-state index in [-0.39, 0.29) is 11.8 Å². The van der Waals surface area contributed by atoms with Gasteiger partial charge < -0.3 is 24.3 Å². The van der Waals surface area contributed by atoms with Crippen molar-refractivity contribution in [2.75, 3.05) is 33.4 Å². The molecule has 2 amide bonds. The summed E-state index contributed by atoms with van der Waals surface area (Å²) >= 11 is 0. The van der Waals surface area contributed by atoms with E-state index >= 15 is 0 Å². The number of nitrogens with zero attached hydrogens (tertiary/aromatic N) is 3. The topological polar surface area (TPSA) is 85.7 Å². The largest absolute Gasteiger partial charge is 0.497 e. The highest BCUT2D eigenvalue weighted by molar-refractivity contribution is 5.97. The average Bonchev–Trinajstić information content (AvgIpc) is 3.18. The van der Waals surface area contributed by atoms with Crippen LogP contribution >= 0.6 is 0 Å². The summed E-state index contributed by atoms with van der Waals surface area (Å²) in [5, 5.41) is 2.93. The fourth-order valence-corrected chi connectivity index (χ4v) is 3.81. The molecule has 8 nitrogen and oxygen atoms in total. The van der Waals surface area contributed by atoms with Gasteiger partial charge >= 0.3 is 0 Å². The Morgan fingerprint density at radius 2 is 1.90 bits per heavy atom. The van der Waals surface area contributed by atoms with Crippen molar-refractivity contribution in [3.63, 3.8) is 0 Å². The maximum atomic E-state index is 13.0. The van der Waals surface area contributed by atoms with Crippen molar-refractivity contribution in [2.24, 2.45) is 0 Å². The Morgan fingerprint density at radius 3 is 2.62 bits per heavy atom. The highest BCUT2D eigenvalue weighted by atomic mass is 16.5. The molecule has 0 unspecified atom stereocenters. The number of imidazole rings is 1. The third kappa shape index (κ3) is 4.12. The molecule has 4 rings (SSSR count). The summed E-state index contributed by atoms with van der Waals surface area (Å²) in [6.07, 6.45) is 2.74. The Kier molecular flexibility index (Phi) is 5.80. The van der Waals surface area contributed by atoms with Crippen LogP contribution in [-0.4, -0.2) is 59.7 Å². The lowest BCUT2D eigenvalue weighted by Gasteiger charge is -2.27. The van der Waals surface area contributed by atoms with Crippen LogP contribution < -0.4 is 10.1 Å². The summed E-state index contributed by atoms with van der Waals surface area (Å²) in [5.74, 6) is 0.781. The van der Waals surface area contributed by atoms with E-state index in [1.165, 1.54) is 0 Å². The van der Waals surface area contributed by atoms with Gasteiger partial charge in [0.1, 0.15) is 11.4 Å². The summed E-state index contributed by atoms with van der Waals surface area (Å²) < 4.78 is 12.4. The lowest BCUT2D eigenvalue weighted by molar-refractivity contribution is 0.0291. The molecule has 0 radical (unpaired) electrons. The number of nitrogens with one attached hydrogen (secondary N) is 1. The average molecular weight is 398 g/mol. The molecule has 1 fully saturated rings. The minimum Gasteiger partial charge on any atom is -0.497 e. The van der Waals surface area contributed by atoms with E-state index in [9.17, 15) is 9.59 Å². The Hall–Kier alpha value is -2.87. The van der Waals surface area contributed by atoms with Crippen molar-refractivity contribution >= 4 is 11.8 Å². The number of aromatic nitrogens is 2. The van der Waals surface area contributed by atoms with Gasteiger partial charge in [-0.15, -0.1) is 0 Å². The molecular weight excluding hydrogens is 372 g/mol. The molecule has 1 aromatic carbocycles. The van der Waals surface area contributed by atoms with Crippen LogP contribution in [0.1, 0.15) is 45.2 Å². The number of rotatable bonds is 5. The monoisotopic (exact) mass is 398 g/mol. The predicted molar refractivity (Wildman–Crippen MR) is 106 cm³/mol. The van der Waals surface area contributed by atoms with Gasteiger partial charge in [-0.1, -0.05) is 12.1 Å². The SMILES string of the molecule is COc1ccc(CNC(=O)c2nc(C(=O)N3CCOCC3)n3c2CCCC3)cc1. The van der Waals surface area contributed by atoms with Gasteiger partial charge in [-0.25, -0.2) is 4.98 Å². The zero-order chi connectivity index (χ0) is 20.2. The second kappa shape index (κ2) is 8.65. The van der Waals surface area contributed by atoms with Crippen LogP contribution in [-0.2, 0) is 24.2 Å². The molecule has 8 heteroatoms. The summed E-state index contributed by atoms with van der Waals surface area (Å²) in [6.45, 7) is 3.30. The first-order chi connectivity index (χ1) is 14.2. The number of fused-ring (bicyclic) bond motifs is 1. The third-order valence-electron chi connectivity index (χ3n) is 5.43. The molecular formula is C21H26N4O4. The minimum absolute atomic E-state index is 0.120. The van der Waals surface area contributed by atoms with E-state index in [4.69, 9.17) is 9.47 Å². The van der Waals surface area contributed by atoms with Crippen LogP contribution in [0.15, 0.2) is 24.3 Å². The molecule has 1 saturated heterocycles. The normalized spacial score (nSPS) is 16.2. The van der Waals surface area contributed by atoms with Crippen LogP contribution in [0.3, 0.4) is 0 Å². The summed E-state index contributed by atoms with van der Waals surface area (Å²) in [6, 6.07) is 7.54. The molecule has 0 aliphatic carbocycles. The van der Waals surface area contributed by atoms with Crippen LogP contribution in [0.5, 0.6) is 5.75 Å². The maximum Gasteiger partial charge on any atom is 0.290 e. The molecule has 29 heavy (non-hydrogen) atoms. The van der Waals surface area contributed by atoms with Crippen molar-refractivity contribution in [1.82, 2.24) is 19.8 Å². The van der Waals surface area contributed by atoms with Gasteiger partial charge in [-0.2, -0.15) is 0 Å². The number of carbonyl (C=O) groups excluding carboxylic acids is 2. The number of amides is 2. The first-order valence-electron chi connectivity index (χ1n) is 10.0. The Balaban J connectivity index is 1.52. The quantitative estimate of drug-likeness (QED) is 0.827. The fraction of sp³-hybridized carbons (Fsp3) is 0.476. The molecule has 0 saturated carbocycles. The summed E-state index contributed by atoms with van der Waals surface area (Å²) in [7, 11) is 1.62. The lowest BCUT2D eigenvalue weighted by atomic mass is 10.1. The van der Waals surface area contributed by atoms with E-state index in [1.54, 1.807) is 12.0 Å². The first-order valence-corrected chi connectivity index (χ1v) is 10.0. The number of carbonyl (C=O) groups is 2. The van der Waals surface area contributed by atoms with Gasteiger partial charge in [0.05, 0.1) is 26.0 Å². The van der Waals surface area contributed by atoms with Crippen LogP contribution in [0, 0.1) is 0 Å². The second-order valence-electron chi connectivity index (χ2n) is 7.27. The van der Waals surface area contributed by atoms with E-state index in [1.807, 2.05) is 28.8 Å². The smallest absolute Gasteiger partial charge is 0.290 e. The number of morpholine rings is 1. The molecule has 2 aliphatic rings. The fourth-order valence-electron chi connectivity index (χ4n) is 3.81. The van der Waals surface area contributed by atoms with Gasteiger partial charge in [-0.05, 0) is 37.0 Å². The molecule has 0 bridgehead atoms. The van der Waals surface area contributed by atoms with Gasteiger partial charge in [0.25, 0.3) is 11.8 Å². The van der Waals surface area contributed by atoms with Crippen molar-refractivity contribution in [2.45, 2.75) is 32.4 Å². The molecule has 2 aliphatic heterocycles. The van der Waals surface area contributed by atoms with E-state index in [2.05, 4.69) is 10.3 Å². The first kappa shape index (κ1) is 19.4. The zero-order valence-corrected chi connectivity index (χ0v) is 16.6. The molecule has 1 aromatic heterocycles. The van der Waals surface area contributed by atoms with E-state index in [0.717, 1.165) is 42.8 Å². The van der Waals surface area contributed by atoms with Gasteiger partial charge in [0.15, 0.2) is 5.82 Å². The minimum atomic E-state index is -0.243. The summed E-state index contributed by atoms with van der Waals surface area (Å²) in [4.78, 5) is 32.1. The predicted octanol–water partition coefficient (Wildman–Crippen LogP) is 1.63. The van der Waals surface area contributed by atoms with Gasteiger partial charge in [0, 0.05) is 26.2 Å². The number of methoxy groups -OCH3 is 1. The van der Waals surface area contributed by atoms with Crippen LogP contribution in [0.25, 0.3) is 0 Å². The molecule has 1 N–H and O–H groups in total. The van der Waals surface area contributed by atoms with Crippen molar-refractivity contribution in [3.05, 3.63) is 47.0 Å². The van der Waals surface area contributed by atoms with Crippen molar-refractivity contribution in [1.29, 1.82) is 0 Å². The molecule has 3 heterocycles. The number of hydrogen-bond donors (Lipinski definition) is 1. The zero-order valence-electron chi connectivity index (χ0n) is 16.6. The van der Waals surface area contributed by atoms with Crippen LogP contribution in [0.2, 0.25) is 0 Å². The Bertz CT molecular complexity index is 885. The number of benzene rings is 1. The summed E-state index contributed by atoms with van der Waals surface area (Å²) in [5.41, 5.74) is 2.20. The standard InChI is InChI=1S/C21H26N4O4/c1-28-16-7-5-15(6-8-16)14-22-20(26)18-17-4-2-3-9-25(17)19(23-18)21(27)24-10-12-29-13-11-24/h5-8H,2-4,9-14H2,1H3,(H,22,26). The van der Waals surface area contributed by atoms with Gasteiger partial charge in [-0.3, -0.25) is 9.59 Å².